The van der Waals surface area contributed by atoms with E-state index in [9.17, 15) is 9.59 Å². The van der Waals surface area contributed by atoms with Crippen molar-refractivity contribution < 1.29 is 19.4 Å². The van der Waals surface area contributed by atoms with E-state index in [1.54, 1.807) is 0 Å². The first-order valence-electron chi connectivity index (χ1n) is 4.15. The van der Waals surface area contributed by atoms with Crippen LogP contribution in [0, 0.1) is 0 Å². The zero-order chi connectivity index (χ0) is 10.1. The zero-order valence-electron chi connectivity index (χ0n) is 7.71. The van der Waals surface area contributed by atoms with E-state index in [1.165, 1.54) is 7.11 Å². The van der Waals surface area contributed by atoms with Crippen LogP contribution < -0.4 is 5.32 Å². The van der Waals surface area contributed by atoms with Gasteiger partial charge >= 0.3 is 5.97 Å². The number of methoxy groups -OCH3 is 1. The molecule has 0 aliphatic rings. The van der Waals surface area contributed by atoms with Crippen LogP contribution in [0.4, 0.5) is 0 Å². The van der Waals surface area contributed by atoms with E-state index in [-0.39, 0.29) is 25.4 Å². The summed E-state index contributed by atoms with van der Waals surface area (Å²) >= 11 is 0. The third-order valence-corrected chi connectivity index (χ3v) is 1.44. The molecular formula is C8H15NO4. The van der Waals surface area contributed by atoms with Gasteiger partial charge in [0.25, 0.3) is 0 Å². The molecule has 0 aromatic rings. The third kappa shape index (κ3) is 7.27. The summed E-state index contributed by atoms with van der Waals surface area (Å²) in [5.41, 5.74) is 0. The molecule has 1 amide bonds. The zero-order valence-corrected chi connectivity index (χ0v) is 7.71. The van der Waals surface area contributed by atoms with Crippen LogP contribution in [0.25, 0.3) is 0 Å². The number of nitrogens with one attached hydrogen (secondary N) is 1. The molecule has 0 unspecified atom stereocenters. The molecule has 5 heteroatoms. The molecule has 13 heavy (non-hydrogen) atoms. The Labute approximate surface area is 77.1 Å². The number of rotatable bonds is 6. The second kappa shape index (κ2) is 7.54. The van der Waals surface area contributed by atoms with E-state index < -0.39 is 5.97 Å². The number of hydrogen-bond acceptors (Lipinski definition) is 4. The SMILES string of the molecule is COC(=O)CCC(=O)NCCCO. The molecule has 0 fully saturated rings. The molecule has 0 bridgehead atoms. The number of ether oxygens (including phenoxy) is 1. The molecule has 0 aromatic carbocycles. The van der Waals surface area contributed by atoms with Gasteiger partial charge in [-0.2, -0.15) is 0 Å². The number of aliphatic hydroxyl groups is 1. The predicted octanol–water partition coefficient (Wildman–Crippen LogP) is -0.562. The third-order valence-electron chi connectivity index (χ3n) is 1.44. The van der Waals surface area contributed by atoms with Gasteiger partial charge in [-0.15, -0.1) is 0 Å². The lowest BCUT2D eigenvalue weighted by molar-refractivity contribution is -0.142. The largest absolute Gasteiger partial charge is 0.469 e. The Morgan fingerprint density at radius 1 is 1.38 bits per heavy atom. The van der Waals surface area contributed by atoms with Gasteiger partial charge in [0.2, 0.25) is 5.91 Å². The maximum Gasteiger partial charge on any atom is 0.306 e. The molecular weight excluding hydrogens is 174 g/mol. The van der Waals surface area contributed by atoms with Crippen molar-refractivity contribution in [3.05, 3.63) is 0 Å². The van der Waals surface area contributed by atoms with Gasteiger partial charge in [-0.25, -0.2) is 0 Å². The topological polar surface area (TPSA) is 75.6 Å². The van der Waals surface area contributed by atoms with Crippen LogP contribution in [0.2, 0.25) is 0 Å². The van der Waals surface area contributed by atoms with E-state index in [0.29, 0.717) is 13.0 Å². The predicted molar refractivity (Wildman–Crippen MR) is 46.0 cm³/mol. The summed E-state index contributed by atoms with van der Waals surface area (Å²) in [5.74, 6) is -0.587. The van der Waals surface area contributed by atoms with Crippen LogP contribution in [0.15, 0.2) is 0 Å². The second-order valence-corrected chi connectivity index (χ2v) is 2.50. The second-order valence-electron chi connectivity index (χ2n) is 2.50. The molecule has 0 aliphatic carbocycles. The van der Waals surface area contributed by atoms with Crippen LogP contribution in [0.3, 0.4) is 0 Å². The van der Waals surface area contributed by atoms with E-state index >= 15 is 0 Å². The number of hydrogen-bond donors (Lipinski definition) is 2. The quantitative estimate of drug-likeness (QED) is 0.433. The Bertz CT molecular complexity index is 170. The van der Waals surface area contributed by atoms with E-state index in [4.69, 9.17) is 5.11 Å². The van der Waals surface area contributed by atoms with Crippen molar-refractivity contribution in [2.24, 2.45) is 0 Å². The number of aliphatic hydroxyl groups excluding tert-OH is 1. The van der Waals surface area contributed by atoms with Gasteiger partial charge in [-0.3, -0.25) is 9.59 Å². The van der Waals surface area contributed by atoms with Crippen LogP contribution >= 0.6 is 0 Å². The lowest BCUT2D eigenvalue weighted by atomic mass is 10.3. The Morgan fingerprint density at radius 2 is 2.08 bits per heavy atom. The first kappa shape index (κ1) is 11.9. The van der Waals surface area contributed by atoms with Crippen LogP contribution in [0.5, 0.6) is 0 Å². The fraction of sp³-hybridized carbons (Fsp3) is 0.750. The number of carbonyl (C=O) groups is 2. The highest BCUT2D eigenvalue weighted by molar-refractivity contribution is 5.81. The van der Waals surface area contributed by atoms with Gasteiger partial charge in [0.15, 0.2) is 0 Å². The first-order valence-corrected chi connectivity index (χ1v) is 4.15. The van der Waals surface area contributed by atoms with E-state index in [0.717, 1.165) is 0 Å². The minimum atomic E-state index is -0.391. The van der Waals surface area contributed by atoms with Gasteiger partial charge in [0.1, 0.15) is 0 Å². The maximum absolute atomic E-state index is 10.9. The minimum absolute atomic E-state index is 0.0529. The molecule has 0 rings (SSSR count). The average molecular weight is 189 g/mol. The maximum atomic E-state index is 10.9. The number of esters is 1. The van der Waals surface area contributed by atoms with Crippen molar-refractivity contribution in [1.82, 2.24) is 5.32 Å². The molecule has 0 radical (unpaired) electrons. The molecule has 0 saturated heterocycles. The summed E-state index contributed by atoms with van der Waals surface area (Å²) in [6.07, 6.45) is 0.767. The lowest BCUT2D eigenvalue weighted by Gasteiger charge is -2.02. The number of carbonyl (C=O) groups excluding carboxylic acids is 2. The Hall–Kier alpha value is -1.10. The highest BCUT2D eigenvalue weighted by atomic mass is 16.5. The molecule has 0 heterocycles. The fourth-order valence-corrected chi connectivity index (χ4v) is 0.713. The van der Waals surface area contributed by atoms with Crippen molar-refractivity contribution >= 4 is 11.9 Å². The van der Waals surface area contributed by atoms with Crippen molar-refractivity contribution in [3.8, 4) is 0 Å². The standard InChI is InChI=1S/C8H15NO4/c1-13-8(12)4-3-7(11)9-5-2-6-10/h10H,2-6H2,1H3,(H,9,11). The molecule has 2 N–H and O–H groups in total. The summed E-state index contributed by atoms with van der Waals surface area (Å²) < 4.78 is 4.37. The van der Waals surface area contributed by atoms with Crippen LogP contribution in [-0.4, -0.2) is 37.2 Å². The van der Waals surface area contributed by atoms with Crippen molar-refractivity contribution in [2.45, 2.75) is 19.3 Å². The lowest BCUT2D eigenvalue weighted by Crippen LogP contribution is -2.25. The van der Waals surface area contributed by atoms with Crippen molar-refractivity contribution in [3.63, 3.8) is 0 Å². The van der Waals surface area contributed by atoms with Gasteiger partial charge in [-0.05, 0) is 6.42 Å². The Morgan fingerprint density at radius 3 is 2.62 bits per heavy atom. The van der Waals surface area contributed by atoms with Gasteiger partial charge in [0, 0.05) is 19.6 Å². The monoisotopic (exact) mass is 189 g/mol. The normalized spacial score (nSPS) is 9.38. The van der Waals surface area contributed by atoms with Crippen LogP contribution in [0.1, 0.15) is 19.3 Å². The molecule has 0 aliphatic heterocycles. The van der Waals surface area contributed by atoms with Gasteiger partial charge < -0.3 is 15.2 Å². The summed E-state index contributed by atoms with van der Waals surface area (Å²) in [5, 5.41) is 11.0. The minimum Gasteiger partial charge on any atom is -0.469 e. The summed E-state index contributed by atoms with van der Waals surface area (Å²) in [4.78, 5) is 21.5. The average Bonchev–Trinajstić information content (AvgIpc) is 2.14. The summed E-state index contributed by atoms with van der Waals surface area (Å²) in [7, 11) is 1.28. The molecule has 5 nitrogen and oxygen atoms in total. The van der Waals surface area contributed by atoms with Gasteiger partial charge in [0.05, 0.1) is 13.5 Å². The van der Waals surface area contributed by atoms with Crippen LogP contribution in [-0.2, 0) is 14.3 Å². The van der Waals surface area contributed by atoms with E-state index in [2.05, 4.69) is 10.1 Å². The molecule has 0 spiro atoms. The van der Waals surface area contributed by atoms with E-state index in [1.807, 2.05) is 0 Å². The highest BCUT2D eigenvalue weighted by Crippen LogP contribution is 1.91. The Kier molecular flexibility index (Phi) is 6.91. The summed E-state index contributed by atoms with van der Waals surface area (Å²) in [6.45, 7) is 0.494. The molecule has 0 aromatic heterocycles. The molecule has 76 valence electrons. The van der Waals surface area contributed by atoms with Crippen molar-refractivity contribution in [2.75, 3.05) is 20.3 Å². The van der Waals surface area contributed by atoms with Gasteiger partial charge in [-0.1, -0.05) is 0 Å². The highest BCUT2D eigenvalue weighted by Gasteiger charge is 2.05. The van der Waals surface area contributed by atoms with Crippen molar-refractivity contribution in [1.29, 1.82) is 0 Å². The number of amides is 1. The molecule has 0 atom stereocenters. The first-order chi connectivity index (χ1) is 6.20. The molecule has 0 saturated carbocycles. The fourth-order valence-electron chi connectivity index (χ4n) is 0.713. The smallest absolute Gasteiger partial charge is 0.306 e. The summed E-state index contributed by atoms with van der Waals surface area (Å²) in [6, 6.07) is 0. The Balaban J connectivity index is 3.35.